The number of hydrogen-bond donors (Lipinski definition) is 1. The van der Waals surface area contributed by atoms with Crippen LogP contribution in [0.4, 0.5) is 0 Å². The van der Waals surface area contributed by atoms with E-state index in [9.17, 15) is 4.79 Å². The molecule has 1 heterocycles. The number of carbonyl (C=O) groups is 1. The second-order valence-corrected chi connectivity index (χ2v) is 7.24. The van der Waals surface area contributed by atoms with E-state index in [0.717, 1.165) is 24.4 Å². The van der Waals surface area contributed by atoms with Gasteiger partial charge in [-0.2, -0.15) is 0 Å². The summed E-state index contributed by atoms with van der Waals surface area (Å²) in [6.45, 7) is 9.89. The summed E-state index contributed by atoms with van der Waals surface area (Å²) in [6, 6.07) is 8.49. The fourth-order valence-corrected chi connectivity index (χ4v) is 2.87. The quantitative estimate of drug-likeness (QED) is 0.845. The van der Waals surface area contributed by atoms with Crippen molar-refractivity contribution in [1.29, 1.82) is 0 Å². The second-order valence-electron chi connectivity index (χ2n) is 7.24. The zero-order chi connectivity index (χ0) is 14.8. The van der Waals surface area contributed by atoms with E-state index in [0.29, 0.717) is 12.5 Å². The highest BCUT2D eigenvalue weighted by Crippen LogP contribution is 2.23. The van der Waals surface area contributed by atoms with E-state index in [1.807, 2.05) is 12.1 Å². The average Bonchev–Trinajstić information content (AvgIpc) is 2.38. The Hall–Kier alpha value is -1.15. The van der Waals surface area contributed by atoms with E-state index in [4.69, 9.17) is 0 Å². The van der Waals surface area contributed by atoms with Gasteiger partial charge in [-0.1, -0.05) is 52.0 Å². The van der Waals surface area contributed by atoms with Gasteiger partial charge in [0.15, 0.2) is 5.78 Å². The van der Waals surface area contributed by atoms with Crippen LogP contribution in [0.15, 0.2) is 24.3 Å². The Bertz CT molecular complexity index is 455. The van der Waals surface area contributed by atoms with Gasteiger partial charge in [0.05, 0.1) is 0 Å². The highest BCUT2D eigenvalue weighted by Gasteiger charge is 2.21. The summed E-state index contributed by atoms with van der Waals surface area (Å²) in [5.41, 5.74) is 2.26. The lowest BCUT2D eigenvalue weighted by molar-refractivity contribution is 0.0959. The van der Waals surface area contributed by atoms with Gasteiger partial charge in [0.1, 0.15) is 0 Å². The van der Waals surface area contributed by atoms with Gasteiger partial charge in [-0.3, -0.25) is 4.79 Å². The van der Waals surface area contributed by atoms with Crippen LogP contribution in [0.25, 0.3) is 0 Å². The molecule has 2 rings (SSSR count). The van der Waals surface area contributed by atoms with Gasteiger partial charge in [0.2, 0.25) is 0 Å². The molecule has 1 aromatic rings. The summed E-state index contributed by atoms with van der Waals surface area (Å²) in [5, 5.41) is 3.46. The first kappa shape index (κ1) is 15.2. The molecule has 0 bridgehead atoms. The van der Waals surface area contributed by atoms with E-state index in [-0.39, 0.29) is 11.2 Å². The van der Waals surface area contributed by atoms with E-state index >= 15 is 0 Å². The molecule has 1 aliphatic rings. The molecule has 2 atom stereocenters. The van der Waals surface area contributed by atoms with Gasteiger partial charge in [-0.05, 0) is 36.3 Å². The van der Waals surface area contributed by atoms with Crippen LogP contribution in [0.5, 0.6) is 0 Å². The maximum Gasteiger partial charge on any atom is 0.164 e. The van der Waals surface area contributed by atoms with Gasteiger partial charge in [0.25, 0.3) is 0 Å². The van der Waals surface area contributed by atoms with E-state index < -0.39 is 0 Å². The standard InChI is InChI=1S/C18H27NO/c1-13-9-10-19-16(11-13)12-17(20)14-5-7-15(8-6-14)18(2,3)4/h5-8,13,16,19H,9-12H2,1-4H3. The summed E-state index contributed by atoms with van der Waals surface area (Å²) in [6.07, 6.45) is 2.97. The van der Waals surface area contributed by atoms with Crippen LogP contribution >= 0.6 is 0 Å². The molecular weight excluding hydrogens is 246 g/mol. The number of nitrogens with one attached hydrogen (secondary N) is 1. The third kappa shape index (κ3) is 3.92. The largest absolute Gasteiger partial charge is 0.314 e. The molecule has 0 aromatic heterocycles. The van der Waals surface area contributed by atoms with Gasteiger partial charge >= 0.3 is 0 Å². The predicted octanol–water partition coefficient (Wildman–Crippen LogP) is 3.95. The number of piperidine rings is 1. The number of benzene rings is 1. The predicted molar refractivity (Wildman–Crippen MR) is 84.3 cm³/mol. The second kappa shape index (κ2) is 6.09. The van der Waals surface area contributed by atoms with Crippen LogP contribution in [0, 0.1) is 5.92 Å². The minimum Gasteiger partial charge on any atom is -0.314 e. The van der Waals surface area contributed by atoms with Crippen molar-refractivity contribution >= 4 is 5.78 Å². The van der Waals surface area contributed by atoms with Crippen LogP contribution in [0.3, 0.4) is 0 Å². The average molecular weight is 273 g/mol. The Labute approximate surface area is 123 Å². The minimum absolute atomic E-state index is 0.141. The molecular formula is C18H27NO. The van der Waals surface area contributed by atoms with Crippen molar-refractivity contribution < 1.29 is 4.79 Å². The number of rotatable bonds is 3. The van der Waals surface area contributed by atoms with Gasteiger partial charge in [0, 0.05) is 18.0 Å². The molecule has 2 nitrogen and oxygen atoms in total. The molecule has 2 unspecified atom stereocenters. The Morgan fingerprint density at radius 1 is 1.25 bits per heavy atom. The summed E-state index contributed by atoms with van der Waals surface area (Å²) in [7, 11) is 0. The van der Waals surface area contributed by atoms with Crippen LogP contribution in [-0.2, 0) is 5.41 Å². The number of ketones is 1. The summed E-state index contributed by atoms with van der Waals surface area (Å²) in [4.78, 5) is 12.3. The first-order valence-electron chi connectivity index (χ1n) is 7.73. The summed E-state index contributed by atoms with van der Waals surface area (Å²) >= 11 is 0. The van der Waals surface area contributed by atoms with Gasteiger partial charge in [-0.15, -0.1) is 0 Å². The summed E-state index contributed by atoms with van der Waals surface area (Å²) < 4.78 is 0. The lowest BCUT2D eigenvalue weighted by atomic mass is 9.86. The van der Waals surface area contributed by atoms with Crippen molar-refractivity contribution in [2.75, 3.05) is 6.54 Å². The van der Waals surface area contributed by atoms with Crippen molar-refractivity contribution in [3.8, 4) is 0 Å². The normalized spacial score (nSPS) is 23.6. The Morgan fingerprint density at radius 3 is 2.45 bits per heavy atom. The first-order chi connectivity index (χ1) is 9.36. The van der Waals surface area contributed by atoms with E-state index in [1.54, 1.807) is 0 Å². The van der Waals surface area contributed by atoms with Gasteiger partial charge < -0.3 is 5.32 Å². The minimum atomic E-state index is 0.141. The van der Waals surface area contributed by atoms with Crippen LogP contribution in [-0.4, -0.2) is 18.4 Å². The van der Waals surface area contributed by atoms with Gasteiger partial charge in [-0.25, -0.2) is 0 Å². The molecule has 110 valence electrons. The lowest BCUT2D eigenvalue weighted by Crippen LogP contribution is -2.38. The van der Waals surface area contributed by atoms with Crippen molar-refractivity contribution in [3.05, 3.63) is 35.4 Å². The number of hydrogen-bond acceptors (Lipinski definition) is 2. The van der Waals surface area contributed by atoms with E-state index in [1.165, 1.54) is 12.0 Å². The fraction of sp³-hybridized carbons (Fsp3) is 0.611. The van der Waals surface area contributed by atoms with Crippen LogP contribution in [0.1, 0.15) is 62.9 Å². The monoisotopic (exact) mass is 273 g/mol. The molecule has 1 N–H and O–H groups in total. The molecule has 1 aliphatic heterocycles. The summed E-state index contributed by atoms with van der Waals surface area (Å²) in [5.74, 6) is 0.995. The van der Waals surface area contributed by atoms with Crippen molar-refractivity contribution in [2.45, 2.75) is 58.4 Å². The highest BCUT2D eigenvalue weighted by atomic mass is 16.1. The third-order valence-electron chi connectivity index (χ3n) is 4.26. The Morgan fingerprint density at radius 2 is 1.90 bits per heavy atom. The molecule has 1 aromatic carbocycles. The first-order valence-corrected chi connectivity index (χ1v) is 7.73. The fourth-order valence-electron chi connectivity index (χ4n) is 2.87. The molecule has 0 saturated carbocycles. The van der Waals surface area contributed by atoms with Crippen molar-refractivity contribution in [3.63, 3.8) is 0 Å². The molecule has 1 saturated heterocycles. The molecule has 0 aliphatic carbocycles. The molecule has 2 heteroatoms. The topological polar surface area (TPSA) is 29.1 Å². The molecule has 20 heavy (non-hydrogen) atoms. The maximum atomic E-state index is 12.3. The smallest absolute Gasteiger partial charge is 0.164 e. The SMILES string of the molecule is CC1CCNC(CC(=O)c2ccc(C(C)(C)C)cc2)C1. The van der Waals surface area contributed by atoms with Crippen LogP contribution < -0.4 is 5.32 Å². The molecule has 0 amide bonds. The molecule has 1 fully saturated rings. The van der Waals surface area contributed by atoms with Crippen molar-refractivity contribution in [2.24, 2.45) is 5.92 Å². The van der Waals surface area contributed by atoms with Crippen LogP contribution in [0.2, 0.25) is 0 Å². The van der Waals surface area contributed by atoms with E-state index in [2.05, 4.69) is 45.1 Å². The number of carbonyl (C=O) groups excluding carboxylic acids is 1. The molecule has 0 spiro atoms. The lowest BCUT2D eigenvalue weighted by Gasteiger charge is -2.27. The number of Topliss-reactive ketones (excluding diaryl/α,β-unsaturated/α-hetero) is 1. The van der Waals surface area contributed by atoms with Crippen molar-refractivity contribution in [1.82, 2.24) is 5.32 Å². The zero-order valence-corrected chi connectivity index (χ0v) is 13.2. The highest BCUT2D eigenvalue weighted by molar-refractivity contribution is 5.96. The Kier molecular flexibility index (Phi) is 4.64. The third-order valence-corrected chi connectivity index (χ3v) is 4.26. The maximum absolute atomic E-state index is 12.3. The molecule has 0 radical (unpaired) electrons. The Balaban J connectivity index is 1.99. The zero-order valence-electron chi connectivity index (χ0n) is 13.2.